The summed E-state index contributed by atoms with van der Waals surface area (Å²) in [5.74, 6) is 0.0431. The van der Waals surface area contributed by atoms with Gasteiger partial charge in [0.15, 0.2) is 0 Å². The van der Waals surface area contributed by atoms with Gasteiger partial charge in [0.1, 0.15) is 0 Å². The molecule has 5 heteroatoms. The van der Waals surface area contributed by atoms with E-state index in [-0.39, 0.29) is 24.4 Å². The summed E-state index contributed by atoms with van der Waals surface area (Å²) >= 11 is 0. The van der Waals surface area contributed by atoms with Crippen molar-refractivity contribution in [2.24, 2.45) is 0 Å². The number of amides is 1. The quantitative estimate of drug-likeness (QED) is 0.881. The van der Waals surface area contributed by atoms with Crippen molar-refractivity contribution in [3.8, 4) is 0 Å². The standard InChI is InChI=1S/C15H20N2O2.ClH/c18-15(17-13-2-1-8-19-9-6-13)12-3-4-14-11(10-12)5-7-16-14;/h3-4,10,13,16H,1-2,5-9H2,(H,17,18);1H. The Morgan fingerprint density at radius 1 is 1.30 bits per heavy atom. The van der Waals surface area contributed by atoms with Gasteiger partial charge in [0.25, 0.3) is 5.91 Å². The minimum Gasteiger partial charge on any atom is -0.384 e. The Bertz CT molecular complexity index is 471. The van der Waals surface area contributed by atoms with Crippen molar-refractivity contribution < 1.29 is 9.53 Å². The highest BCUT2D eigenvalue weighted by Gasteiger charge is 2.17. The van der Waals surface area contributed by atoms with Crippen LogP contribution >= 0.6 is 12.4 Å². The average Bonchev–Trinajstić information content (AvgIpc) is 2.75. The van der Waals surface area contributed by atoms with E-state index in [0.29, 0.717) is 0 Å². The molecule has 20 heavy (non-hydrogen) atoms. The number of rotatable bonds is 2. The molecule has 1 unspecified atom stereocenters. The van der Waals surface area contributed by atoms with Gasteiger partial charge < -0.3 is 15.4 Å². The molecule has 110 valence electrons. The number of ether oxygens (including phenoxy) is 1. The van der Waals surface area contributed by atoms with E-state index < -0.39 is 0 Å². The minimum absolute atomic E-state index is 0. The third-order valence-electron chi connectivity index (χ3n) is 3.86. The second-order valence-corrected chi connectivity index (χ2v) is 5.26. The molecule has 0 aromatic heterocycles. The summed E-state index contributed by atoms with van der Waals surface area (Å²) in [7, 11) is 0. The molecule has 1 aromatic carbocycles. The van der Waals surface area contributed by atoms with Gasteiger partial charge in [0.2, 0.25) is 0 Å². The second kappa shape index (κ2) is 6.95. The first kappa shape index (κ1) is 15.1. The van der Waals surface area contributed by atoms with E-state index in [1.54, 1.807) is 0 Å². The molecular weight excluding hydrogens is 276 g/mol. The smallest absolute Gasteiger partial charge is 0.251 e. The van der Waals surface area contributed by atoms with Crippen molar-refractivity contribution in [2.75, 3.05) is 25.1 Å². The van der Waals surface area contributed by atoms with Crippen LogP contribution in [-0.2, 0) is 11.2 Å². The predicted octanol–water partition coefficient (Wildman–Crippen LogP) is 2.38. The molecule has 0 bridgehead atoms. The summed E-state index contributed by atoms with van der Waals surface area (Å²) in [5, 5.41) is 6.43. The van der Waals surface area contributed by atoms with Gasteiger partial charge in [0, 0.05) is 37.1 Å². The van der Waals surface area contributed by atoms with Crippen molar-refractivity contribution in [3.63, 3.8) is 0 Å². The fourth-order valence-electron chi connectivity index (χ4n) is 2.76. The molecule has 1 saturated heterocycles. The molecule has 2 N–H and O–H groups in total. The van der Waals surface area contributed by atoms with E-state index in [0.717, 1.165) is 51.0 Å². The van der Waals surface area contributed by atoms with Crippen LogP contribution in [0.25, 0.3) is 0 Å². The van der Waals surface area contributed by atoms with E-state index in [1.165, 1.54) is 11.3 Å². The molecule has 1 fully saturated rings. The fourth-order valence-corrected chi connectivity index (χ4v) is 2.76. The lowest BCUT2D eigenvalue weighted by Crippen LogP contribution is -2.35. The van der Waals surface area contributed by atoms with Crippen LogP contribution in [0.2, 0.25) is 0 Å². The van der Waals surface area contributed by atoms with Gasteiger partial charge >= 0.3 is 0 Å². The lowest BCUT2D eigenvalue weighted by atomic mass is 10.1. The van der Waals surface area contributed by atoms with Crippen LogP contribution in [0.1, 0.15) is 35.2 Å². The zero-order valence-corrected chi connectivity index (χ0v) is 12.3. The summed E-state index contributed by atoms with van der Waals surface area (Å²) in [6, 6.07) is 6.17. The highest BCUT2D eigenvalue weighted by Crippen LogP contribution is 2.23. The number of nitrogens with one attached hydrogen (secondary N) is 2. The second-order valence-electron chi connectivity index (χ2n) is 5.26. The molecule has 1 amide bonds. The van der Waals surface area contributed by atoms with E-state index in [4.69, 9.17) is 4.74 Å². The van der Waals surface area contributed by atoms with Crippen molar-refractivity contribution in [2.45, 2.75) is 31.7 Å². The van der Waals surface area contributed by atoms with Crippen LogP contribution in [0, 0.1) is 0 Å². The molecule has 0 aliphatic carbocycles. The first-order valence-corrected chi connectivity index (χ1v) is 7.08. The Morgan fingerprint density at radius 2 is 2.20 bits per heavy atom. The number of benzene rings is 1. The molecule has 0 saturated carbocycles. The van der Waals surface area contributed by atoms with Gasteiger partial charge in [-0.2, -0.15) is 0 Å². The van der Waals surface area contributed by atoms with Crippen LogP contribution in [0.5, 0.6) is 0 Å². The Hall–Kier alpha value is -1.26. The first-order valence-electron chi connectivity index (χ1n) is 7.08. The van der Waals surface area contributed by atoms with Crippen molar-refractivity contribution in [1.82, 2.24) is 5.32 Å². The van der Waals surface area contributed by atoms with Gasteiger partial charge in [-0.25, -0.2) is 0 Å². The summed E-state index contributed by atoms with van der Waals surface area (Å²) in [4.78, 5) is 12.3. The number of carbonyl (C=O) groups is 1. The molecule has 2 aliphatic rings. The number of halogens is 1. The monoisotopic (exact) mass is 296 g/mol. The van der Waals surface area contributed by atoms with Crippen molar-refractivity contribution in [1.29, 1.82) is 0 Å². The topological polar surface area (TPSA) is 50.4 Å². The Morgan fingerprint density at radius 3 is 3.10 bits per heavy atom. The van der Waals surface area contributed by atoms with Gasteiger partial charge in [0.05, 0.1) is 0 Å². The Labute approximate surface area is 125 Å². The average molecular weight is 297 g/mol. The van der Waals surface area contributed by atoms with Gasteiger partial charge in [-0.05, 0) is 49.4 Å². The summed E-state index contributed by atoms with van der Waals surface area (Å²) in [6.07, 6.45) is 3.96. The normalized spacial score (nSPS) is 21.1. The van der Waals surface area contributed by atoms with Gasteiger partial charge in [-0.3, -0.25) is 4.79 Å². The van der Waals surface area contributed by atoms with Crippen molar-refractivity contribution in [3.05, 3.63) is 29.3 Å². The van der Waals surface area contributed by atoms with E-state index >= 15 is 0 Å². The maximum absolute atomic E-state index is 12.3. The molecule has 4 nitrogen and oxygen atoms in total. The third kappa shape index (κ3) is 3.44. The molecule has 3 rings (SSSR count). The fraction of sp³-hybridized carbons (Fsp3) is 0.533. The van der Waals surface area contributed by atoms with Crippen LogP contribution in [0.15, 0.2) is 18.2 Å². The molecule has 0 spiro atoms. The third-order valence-corrected chi connectivity index (χ3v) is 3.86. The van der Waals surface area contributed by atoms with Gasteiger partial charge in [-0.15, -0.1) is 12.4 Å². The summed E-state index contributed by atoms with van der Waals surface area (Å²) in [6.45, 7) is 2.54. The highest BCUT2D eigenvalue weighted by molar-refractivity contribution is 5.95. The van der Waals surface area contributed by atoms with Crippen LogP contribution in [-0.4, -0.2) is 31.7 Å². The lowest BCUT2D eigenvalue weighted by molar-refractivity contribution is 0.0929. The van der Waals surface area contributed by atoms with Crippen LogP contribution in [0.3, 0.4) is 0 Å². The van der Waals surface area contributed by atoms with Crippen LogP contribution in [0.4, 0.5) is 5.69 Å². The largest absolute Gasteiger partial charge is 0.384 e. The number of anilines is 1. The maximum Gasteiger partial charge on any atom is 0.251 e. The van der Waals surface area contributed by atoms with Crippen LogP contribution < -0.4 is 10.6 Å². The first-order chi connectivity index (χ1) is 9.33. The molecule has 2 heterocycles. The SMILES string of the molecule is Cl.O=C(NC1CCCOCC1)c1ccc2c(c1)CCN2. The highest BCUT2D eigenvalue weighted by atomic mass is 35.5. The summed E-state index contributed by atoms with van der Waals surface area (Å²) in [5.41, 5.74) is 3.18. The van der Waals surface area contributed by atoms with Crippen molar-refractivity contribution >= 4 is 24.0 Å². The molecular formula is C15H21ClN2O2. The molecule has 0 radical (unpaired) electrons. The molecule has 1 aromatic rings. The number of hydrogen-bond donors (Lipinski definition) is 2. The van der Waals surface area contributed by atoms with E-state index in [2.05, 4.69) is 10.6 Å². The molecule has 2 aliphatic heterocycles. The zero-order chi connectivity index (χ0) is 13.1. The molecule has 1 atom stereocenters. The maximum atomic E-state index is 12.3. The predicted molar refractivity (Wildman–Crippen MR) is 81.8 cm³/mol. The Kier molecular flexibility index (Phi) is 5.26. The summed E-state index contributed by atoms with van der Waals surface area (Å²) < 4.78 is 5.41. The number of hydrogen-bond acceptors (Lipinski definition) is 3. The number of fused-ring (bicyclic) bond motifs is 1. The zero-order valence-electron chi connectivity index (χ0n) is 11.5. The van der Waals surface area contributed by atoms with E-state index in [1.807, 2.05) is 18.2 Å². The number of carbonyl (C=O) groups excluding carboxylic acids is 1. The lowest BCUT2D eigenvalue weighted by Gasteiger charge is -2.16. The van der Waals surface area contributed by atoms with Gasteiger partial charge in [-0.1, -0.05) is 0 Å². The van der Waals surface area contributed by atoms with E-state index in [9.17, 15) is 4.79 Å². The minimum atomic E-state index is 0. The Balaban J connectivity index is 0.00000147.